The number of piperidine rings is 1. The fourth-order valence-corrected chi connectivity index (χ4v) is 5.08. The van der Waals surface area contributed by atoms with Gasteiger partial charge in [0.05, 0.1) is 36.5 Å². The van der Waals surface area contributed by atoms with Gasteiger partial charge in [-0.1, -0.05) is 17.7 Å². The van der Waals surface area contributed by atoms with Crippen LogP contribution in [0.4, 0.5) is 11.4 Å². The Bertz CT molecular complexity index is 1270. The summed E-state index contributed by atoms with van der Waals surface area (Å²) < 4.78 is 10.9. The summed E-state index contributed by atoms with van der Waals surface area (Å²) in [7, 11) is 3.19. The van der Waals surface area contributed by atoms with Crippen molar-refractivity contribution >= 4 is 45.5 Å². The van der Waals surface area contributed by atoms with E-state index in [4.69, 9.17) is 21.1 Å². The summed E-state index contributed by atoms with van der Waals surface area (Å²) in [6, 6.07) is 7.58. The monoisotopic (exact) mass is 495 g/mol. The number of benzene rings is 1. The highest BCUT2D eigenvalue weighted by Gasteiger charge is 2.27. The Labute approximate surface area is 209 Å². The number of rotatable bonds is 6. The number of halogens is 1. The second-order valence-electron chi connectivity index (χ2n) is 8.92. The number of aromatic nitrogens is 2. The lowest BCUT2D eigenvalue weighted by molar-refractivity contribution is -0.135. The zero-order chi connectivity index (χ0) is 24.4. The smallest absolute Gasteiger partial charge is 0.227 e. The topological polar surface area (TPSA) is 91.5 Å². The fraction of sp³-hybridized carbons (Fsp3) is 0.385. The third-order valence-corrected chi connectivity index (χ3v) is 7.08. The minimum atomic E-state index is 0.105. The number of nitrogens with zero attached hydrogens (tertiary/aromatic N) is 2. The highest BCUT2D eigenvalue weighted by molar-refractivity contribution is 6.32. The molecule has 9 heteroatoms. The molecule has 0 saturated carbocycles. The molecule has 3 aromatic rings. The van der Waals surface area contributed by atoms with E-state index in [2.05, 4.69) is 32.7 Å². The van der Waals surface area contributed by atoms with E-state index < -0.39 is 0 Å². The molecule has 4 heterocycles. The molecule has 8 nitrogen and oxygen atoms in total. The molecule has 1 fully saturated rings. The van der Waals surface area contributed by atoms with E-state index in [1.807, 2.05) is 17.0 Å². The van der Waals surface area contributed by atoms with Crippen molar-refractivity contribution in [3.05, 3.63) is 47.3 Å². The zero-order valence-corrected chi connectivity index (χ0v) is 20.7. The van der Waals surface area contributed by atoms with Gasteiger partial charge in [-0.2, -0.15) is 0 Å². The van der Waals surface area contributed by atoms with Gasteiger partial charge in [0.25, 0.3) is 0 Å². The Hall–Kier alpha value is -3.23. The van der Waals surface area contributed by atoms with Crippen LogP contribution in [0.25, 0.3) is 16.6 Å². The first-order valence-corrected chi connectivity index (χ1v) is 12.3. The van der Waals surface area contributed by atoms with Crippen LogP contribution < -0.4 is 20.1 Å². The highest BCUT2D eigenvalue weighted by Crippen LogP contribution is 2.39. The molecule has 1 amide bonds. The number of H-pyrrole nitrogens is 1. The maximum Gasteiger partial charge on any atom is 0.227 e. The lowest BCUT2D eigenvalue weighted by Crippen LogP contribution is -2.44. The van der Waals surface area contributed by atoms with Gasteiger partial charge in [-0.3, -0.25) is 4.79 Å². The summed E-state index contributed by atoms with van der Waals surface area (Å²) >= 11 is 6.26. The molecule has 2 aliphatic rings. The predicted molar refractivity (Wildman–Crippen MR) is 139 cm³/mol. The fourth-order valence-electron chi connectivity index (χ4n) is 4.85. The van der Waals surface area contributed by atoms with E-state index in [1.54, 1.807) is 26.5 Å². The molecule has 184 valence electrons. The van der Waals surface area contributed by atoms with Crippen molar-refractivity contribution in [2.24, 2.45) is 5.92 Å². The normalized spacial score (nSPS) is 18.3. The van der Waals surface area contributed by atoms with Crippen molar-refractivity contribution in [3.63, 3.8) is 0 Å². The SMILES string of the molecule is COc1cc(Nc2ccnc3[nH]c(C4=CCN(C(=O)[C@@H]5CCCNC5)CC4)cc23)c(OC)cc1Cl. The molecule has 5 rings (SSSR count). The summed E-state index contributed by atoms with van der Waals surface area (Å²) in [5, 5.41) is 8.23. The van der Waals surface area contributed by atoms with Gasteiger partial charge in [-0.25, -0.2) is 4.98 Å². The average molecular weight is 496 g/mol. The van der Waals surface area contributed by atoms with Gasteiger partial charge in [0.15, 0.2) is 0 Å². The quantitative estimate of drug-likeness (QED) is 0.463. The van der Waals surface area contributed by atoms with E-state index in [0.29, 0.717) is 23.1 Å². The molecule has 35 heavy (non-hydrogen) atoms. The first-order chi connectivity index (χ1) is 17.1. The van der Waals surface area contributed by atoms with Crippen LogP contribution in [0.5, 0.6) is 11.5 Å². The number of aromatic amines is 1. The first-order valence-electron chi connectivity index (χ1n) is 11.9. The number of amides is 1. The van der Waals surface area contributed by atoms with Crippen molar-refractivity contribution in [2.45, 2.75) is 19.3 Å². The molecular formula is C26H30ClN5O3. The number of carbonyl (C=O) groups is 1. The van der Waals surface area contributed by atoms with Gasteiger partial charge in [-0.15, -0.1) is 0 Å². The Morgan fingerprint density at radius 3 is 2.77 bits per heavy atom. The molecule has 1 saturated heterocycles. The number of nitrogens with one attached hydrogen (secondary N) is 3. The number of hydrogen-bond acceptors (Lipinski definition) is 6. The van der Waals surface area contributed by atoms with E-state index in [-0.39, 0.29) is 11.8 Å². The van der Waals surface area contributed by atoms with E-state index >= 15 is 0 Å². The van der Waals surface area contributed by atoms with Crippen LogP contribution in [0.3, 0.4) is 0 Å². The molecule has 3 N–H and O–H groups in total. The van der Waals surface area contributed by atoms with Crippen molar-refractivity contribution in [1.29, 1.82) is 0 Å². The van der Waals surface area contributed by atoms with Crippen LogP contribution >= 0.6 is 11.6 Å². The largest absolute Gasteiger partial charge is 0.495 e. The number of hydrogen-bond donors (Lipinski definition) is 3. The second kappa shape index (κ2) is 10.2. The van der Waals surface area contributed by atoms with Gasteiger partial charge in [0.2, 0.25) is 5.91 Å². The molecule has 1 atom stereocenters. The minimum absolute atomic E-state index is 0.105. The lowest BCUT2D eigenvalue weighted by atomic mass is 9.96. The third kappa shape index (κ3) is 4.81. The molecule has 0 spiro atoms. The second-order valence-corrected chi connectivity index (χ2v) is 9.33. The van der Waals surface area contributed by atoms with Crippen molar-refractivity contribution in [2.75, 3.05) is 45.7 Å². The molecule has 0 aliphatic carbocycles. The van der Waals surface area contributed by atoms with Crippen molar-refractivity contribution in [3.8, 4) is 11.5 Å². The standard InChI is InChI=1S/C26H30ClN5O3/c1-34-23-14-22(24(35-2)13-19(23)27)30-20-5-9-29-25-18(20)12-21(31-25)16-6-10-32(11-7-16)26(33)17-4-3-8-28-15-17/h5-6,9,12-14,17,28H,3-4,7-8,10-11,15H2,1-2H3,(H2,29,30,31)/t17-/m1/s1. The number of methoxy groups -OCH3 is 2. The summed E-state index contributed by atoms with van der Waals surface area (Å²) in [5.41, 5.74) is 4.64. The maximum absolute atomic E-state index is 12.9. The van der Waals surface area contributed by atoms with E-state index in [9.17, 15) is 4.79 Å². The highest BCUT2D eigenvalue weighted by atomic mass is 35.5. The number of carbonyl (C=O) groups excluding carboxylic acids is 1. The summed E-state index contributed by atoms with van der Waals surface area (Å²) in [5.74, 6) is 1.55. The maximum atomic E-state index is 12.9. The predicted octanol–water partition coefficient (Wildman–Crippen LogP) is 4.59. The third-order valence-electron chi connectivity index (χ3n) is 6.79. The average Bonchev–Trinajstić information content (AvgIpc) is 3.35. The number of anilines is 2. The lowest BCUT2D eigenvalue weighted by Gasteiger charge is -2.31. The molecule has 2 aromatic heterocycles. The van der Waals surface area contributed by atoms with Gasteiger partial charge in [0.1, 0.15) is 17.1 Å². The van der Waals surface area contributed by atoms with Crippen molar-refractivity contribution in [1.82, 2.24) is 20.2 Å². The van der Waals surface area contributed by atoms with Crippen molar-refractivity contribution < 1.29 is 14.3 Å². The molecule has 2 aliphatic heterocycles. The Kier molecular flexibility index (Phi) is 6.83. The summed E-state index contributed by atoms with van der Waals surface area (Å²) in [4.78, 5) is 22.8. The van der Waals surface area contributed by atoms with Gasteiger partial charge < -0.3 is 30.0 Å². The minimum Gasteiger partial charge on any atom is -0.495 e. The Morgan fingerprint density at radius 1 is 1.20 bits per heavy atom. The zero-order valence-electron chi connectivity index (χ0n) is 20.0. The molecule has 0 bridgehead atoms. The van der Waals surface area contributed by atoms with Gasteiger partial charge in [0, 0.05) is 49.0 Å². The van der Waals surface area contributed by atoms with Gasteiger partial charge in [-0.05, 0) is 43.5 Å². The van der Waals surface area contributed by atoms with Crippen LogP contribution in [-0.2, 0) is 4.79 Å². The molecule has 0 unspecified atom stereocenters. The summed E-state index contributed by atoms with van der Waals surface area (Å²) in [6.07, 6.45) is 6.77. The number of ether oxygens (including phenoxy) is 2. The van der Waals surface area contributed by atoms with Crippen LogP contribution in [0.1, 0.15) is 25.0 Å². The van der Waals surface area contributed by atoms with Crippen LogP contribution in [0, 0.1) is 5.92 Å². The van der Waals surface area contributed by atoms with E-state index in [0.717, 1.165) is 67.0 Å². The molecule has 0 radical (unpaired) electrons. The molecular weight excluding hydrogens is 466 g/mol. The van der Waals surface area contributed by atoms with Gasteiger partial charge >= 0.3 is 0 Å². The number of fused-ring (bicyclic) bond motifs is 1. The Balaban J connectivity index is 1.37. The van der Waals surface area contributed by atoms with Crippen LogP contribution in [0.15, 0.2) is 36.5 Å². The first kappa shape index (κ1) is 23.5. The van der Waals surface area contributed by atoms with E-state index in [1.165, 1.54) is 5.57 Å². The number of pyridine rings is 1. The summed E-state index contributed by atoms with van der Waals surface area (Å²) in [6.45, 7) is 3.17. The van der Waals surface area contributed by atoms with Crippen LogP contribution in [-0.4, -0.2) is 61.2 Å². The molecule has 1 aromatic carbocycles. The van der Waals surface area contributed by atoms with Crippen LogP contribution in [0.2, 0.25) is 5.02 Å². The Morgan fingerprint density at radius 2 is 2.06 bits per heavy atom.